The second-order valence-corrected chi connectivity index (χ2v) is 7.48. The molecule has 0 atom stereocenters. The number of nitrogens with zero attached hydrogens (tertiary/aromatic N) is 5. The highest BCUT2D eigenvalue weighted by atomic mass is 32.1. The van der Waals surface area contributed by atoms with Gasteiger partial charge in [-0.15, -0.1) is 11.3 Å². The Bertz CT molecular complexity index is 908. The molecule has 6 nitrogen and oxygen atoms in total. The molecule has 4 rings (SSSR count). The number of hydrogen-bond acceptors (Lipinski definition) is 7. The van der Waals surface area contributed by atoms with Crippen LogP contribution in [0, 0.1) is 11.3 Å². The van der Waals surface area contributed by atoms with E-state index in [1.165, 1.54) is 5.69 Å². The highest BCUT2D eigenvalue weighted by Crippen LogP contribution is 2.31. The van der Waals surface area contributed by atoms with E-state index in [4.69, 9.17) is 10.2 Å². The molecule has 27 heavy (non-hydrogen) atoms. The molecule has 1 saturated heterocycles. The molecule has 0 saturated carbocycles. The molecule has 0 spiro atoms. The van der Waals surface area contributed by atoms with Gasteiger partial charge in [-0.05, 0) is 50.2 Å². The monoisotopic (exact) mass is 376 g/mol. The van der Waals surface area contributed by atoms with E-state index in [1.807, 2.05) is 30.5 Å². The van der Waals surface area contributed by atoms with Crippen molar-refractivity contribution < 1.29 is 0 Å². The second-order valence-electron chi connectivity index (χ2n) is 6.62. The van der Waals surface area contributed by atoms with E-state index < -0.39 is 0 Å². The lowest BCUT2D eigenvalue weighted by Crippen LogP contribution is -2.32. The Labute approximate surface area is 162 Å². The average molecular weight is 376 g/mol. The van der Waals surface area contributed by atoms with Crippen LogP contribution in [0.2, 0.25) is 0 Å². The van der Waals surface area contributed by atoms with Gasteiger partial charge < -0.3 is 5.32 Å². The highest BCUT2D eigenvalue weighted by molar-refractivity contribution is 7.13. The highest BCUT2D eigenvalue weighted by Gasteiger charge is 2.23. The van der Waals surface area contributed by atoms with E-state index in [2.05, 4.69) is 31.6 Å². The standard InChI is InChI=1S/C20H20N6S/c21-11-16-4-5-17(12-23-16)24-20-25-19(14-27-20)15-6-9-26(10-7-15)13-18-3-1-2-8-22-18/h1-5,8,12,14-15H,6-7,9-10,13H2,(H,24,25). The molecule has 0 bridgehead atoms. The Morgan fingerprint density at radius 1 is 1.19 bits per heavy atom. The van der Waals surface area contributed by atoms with Crippen LogP contribution in [0.4, 0.5) is 10.8 Å². The van der Waals surface area contributed by atoms with Crippen molar-refractivity contribution in [2.24, 2.45) is 0 Å². The van der Waals surface area contributed by atoms with Gasteiger partial charge in [0.15, 0.2) is 5.13 Å². The summed E-state index contributed by atoms with van der Waals surface area (Å²) in [5.74, 6) is 0.510. The topological polar surface area (TPSA) is 77.7 Å². The minimum atomic E-state index is 0.415. The molecule has 1 fully saturated rings. The van der Waals surface area contributed by atoms with E-state index in [-0.39, 0.29) is 0 Å². The Kier molecular flexibility index (Phi) is 5.37. The van der Waals surface area contributed by atoms with E-state index in [0.29, 0.717) is 11.6 Å². The van der Waals surface area contributed by atoms with E-state index in [0.717, 1.165) is 49.0 Å². The normalized spacial score (nSPS) is 15.4. The van der Waals surface area contributed by atoms with Crippen molar-refractivity contribution in [1.29, 1.82) is 5.26 Å². The SMILES string of the molecule is N#Cc1ccc(Nc2nc(C3CCN(Cc4ccccn4)CC3)cs2)cn1. The van der Waals surface area contributed by atoms with Crippen molar-refractivity contribution in [3.63, 3.8) is 0 Å². The molecule has 3 aromatic rings. The first-order valence-electron chi connectivity index (χ1n) is 9.01. The van der Waals surface area contributed by atoms with Crippen molar-refractivity contribution in [2.75, 3.05) is 18.4 Å². The van der Waals surface area contributed by atoms with Gasteiger partial charge in [0, 0.05) is 24.0 Å². The number of thiazole rings is 1. The van der Waals surface area contributed by atoms with Crippen molar-refractivity contribution in [3.8, 4) is 6.07 Å². The van der Waals surface area contributed by atoms with Gasteiger partial charge in [0.2, 0.25) is 0 Å². The van der Waals surface area contributed by atoms with Crippen molar-refractivity contribution >= 4 is 22.2 Å². The first kappa shape index (κ1) is 17.6. The average Bonchev–Trinajstić information content (AvgIpc) is 3.18. The maximum Gasteiger partial charge on any atom is 0.187 e. The van der Waals surface area contributed by atoms with Gasteiger partial charge in [0.05, 0.1) is 23.3 Å². The lowest BCUT2D eigenvalue weighted by Gasteiger charge is -2.30. The first-order valence-corrected chi connectivity index (χ1v) is 9.89. The molecule has 1 aliphatic rings. The lowest BCUT2D eigenvalue weighted by molar-refractivity contribution is 0.201. The summed E-state index contributed by atoms with van der Waals surface area (Å²) in [6.45, 7) is 3.06. The molecular formula is C20H20N6S. The number of aromatic nitrogens is 3. The summed E-state index contributed by atoms with van der Waals surface area (Å²) in [6, 6.07) is 11.7. The fourth-order valence-corrected chi connectivity index (χ4v) is 4.11. The molecule has 136 valence electrons. The molecule has 0 aromatic carbocycles. The summed E-state index contributed by atoms with van der Waals surface area (Å²) in [6.07, 6.45) is 5.76. The van der Waals surface area contributed by atoms with Gasteiger partial charge >= 0.3 is 0 Å². The third-order valence-electron chi connectivity index (χ3n) is 4.77. The van der Waals surface area contributed by atoms with Crippen molar-refractivity contribution in [2.45, 2.75) is 25.3 Å². The minimum absolute atomic E-state index is 0.415. The molecule has 3 aromatic heterocycles. The maximum atomic E-state index is 8.82. The number of pyridine rings is 2. The summed E-state index contributed by atoms with van der Waals surface area (Å²) >= 11 is 1.61. The summed E-state index contributed by atoms with van der Waals surface area (Å²) in [5.41, 5.74) is 3.56. The smallest absolute Gasteiger partial charge is 0.187 e. The number of rotatable bonds is 5. The molecule has 0 aliphatic carbocycles. The summed E-state index contributed by atoms with van der Waals surface area (Å²) in [7, 11) is 0. The molecule has 0 amide bonds. The van der Waals surface area contributed by atoms with Crippen LogP contribution in [0.25, 0.3) is 0 Å². The zero-order valence-corrected chi connectivity index (χ0v) is 15.7. The molecular weight excluding hydrogens is 356 g/mol. The quantitative estimate of drug-likeness (QED) is 0.727. The van der Waals surface area contributed by atoms with E-state index in [1.54, 1.807) is 23.6 Å². The summed E-state index contributed by atoms with van der Waals surface area (Å²) in [4.78, 5) is 15.7. The Balaban J connectivity index is 1.32. The molecule has 4 heterocycles. The van der Waals surface area contributed by atoms with Crippen LogP contribution in [0.5, 0.6) is 0 Å². The number of likely N-dealkylation sites (tertiary alicyclic amines) is 1. The van der Waals surface area contributed by atoms with Crippen LogP contribution in [-0.2, 0) is 6.54 Å². The van der Waals surface area contributed by atoms with Gasteiger partial charge in [-0.2, -0.15) is 5.26 Å². The van der Waals surface area contributed by atoms with Crippen LogP contribution in [0.1, 0.15) is 35.8 Å². The molecule has 0 radical (unpaired) electrons. The second kappa shape index (κ2) is 8.25. The Hall–Kier alpha value is -2.82. The number of nitrogens with one attached hydrogen (secondary N) is 1. The van der Waals surface area contributed by atoms with Gasteiger partial charge in [-0.3, -0.25) is 9.88 Å². The van der Waals surface area contributed by atoms with E-state index in [9.17, 15) is 0 Å². The number of piperidine rings is 1. The fraction of sp³-hybridized carbons (Fsp3) is 0.300. The molecule has 0 unspecified atom stereocenters. The Morgan fingerprint density at radius 3 is 2.78 bits per heavy atom. The fourth-order valence-electron chi connectivity index (χ4n) is 3.30. The summed E-state index contributed by atoms with van der Waals surface area (Å²) in [5, 5.41) is 15.1. The zero-order valence-electron chi connectivity index (χ0n) is 14.9. The van der Waals surface area contributed by atoms with Crippen LogP contribution < -0.4 is 5.32 Å². The van der Waals surface area contributed by atoms with Gasteiger partial charge in [-0.1, -0.05) is 6.07 Å². The van der Waals surface area contributed by atoms with Crippen molar-refractivity contribution in [3.05, 3.63) is 65.2 Å². The lowest BCUT2D eigenvalue weighted by atomic mass is 9.94. The van der Waals surface area contributed by atoms with Gasteiger partial charge in [0.1, 0.15) is 11.8 Å². The number of nitriles is 1. The van der Waals surface area contributed by atoms with Gasteiger partial charge in [-0.25, -0.2) is 9.97 Å². The van der Waals surface area contributed by atoms with Gasteiger partial charge in [0.25, 0.3) is 0 Å². The maximum absolute atomic E-state index is 8.82. The predicted molar refractivity (Wildman–Crippen MR) is 106 cm³/mol. The third-order valence-corrected chi connectivity index (χ3v) is 5.54. The third kappa shape index (κ3) is 4.48. The summed E-state index contributed by atoms with van der Waals surface area (Å²) < 4.78 is 0. The van der Waals surface area contributed by atoms with Crippen molar-refractivity contribution in [1.82, 2.24) is 19.9 Å². The molecule has 7 heteroatoms. The van der Waals surface area contributed by atoms with Crippen LogP contribution >= 0.6 is 11.3 Å². The minimum Gasteiger partial charge on any atom is -0.330 e. The van der Waals surface area contributed by atoms with Crippen LogP contribution in [-0.4, -0.2) is 32.9 Å². The molecule has 1 aliphatic heterocycles. The van der Waals surface area contributed by atoms with Crippen LogP contribution in [0.15, 0.2) is 48.1 Å². The predicted octanol–water partition coefficient (Wildman–Crippen LogP) is 3.93. The zero-order chi connectivity index (χ0) is 18.5. The first-order chi connectivity index (χ1) is 13.3. The largest absolute Gasteiger partial charge is 0.330 e. The Morgan fingerprint density at radius 2 is 2.07 bits per heavy atom. The molecule has 1 N–H and O–H groups in total. The van der Waals surface area contributed by atoms with Crippen LogP contribution in [0.3, 0.4) is 0 Å². The van der Waals surface area contributed by atoms with E-state index >= 15 is 0 Å². The number of anilines is 2. The number of hydrogen-bond donors (Lipinski definition) is 1.